The highest BCUT2D eigenvalue weighted by Gasteiger charge is 2.28. The second-order valence-corrected chi connectivity index (χ2v) is 10.5. The minimum atomic E-state index is -3.24. The molecule has 2 aromatic carbocycles. The molecule has 2 heterocycles. The Bertz CT molecular complexity index is 1190. The number of carbonyl (C=O) groups excluding carboxylic acids is 1. The Morgan fingerprint density at radius 3 is 2.61 bits per heavy atom. The van der Waals surface area contributed by atoms with E-state index in [-0.39, 0.29) is 22.8 Å². The largest absolute Gasteiger partial charge is 0.349 e. The molecule has 0 aliphatic carbocycles. The maximum atomic E-state index is 12.9. The van der Waals surface area contributed by atoms with Crippen LogP contribution < -0.4 is 5.32 Å². The Balaban J connectivity index is 1.33. The summed E-state index contributed by atoms with van der Waals surface area (Å²) in [7, 11) is -3.24. The van der Waals surface area contributed by atoms with Gasteiger partial charge in [-0.1, -0.05) is 47.6 Å². The molecule has 0 spiro atoms. The van der Waals surface area contributed by atoms with Crippen molar-refractivity contribution in [1.29, 1.82) is 0 Å². The highest BCUT2D eigenvalue weighted by Crippen LogP contribution is 2.22. The van der Waals surface area contributed by atoms with E-state index in [1.54, 1.807) is 24.3 Å². The number of hydrogen-bond acceptors (Lipinski definition) is 7. The number of amides is 1. The smallest absolute Gasteiger partial charge is 0.241 e. The van der Waals surface area contributed by atoms with Crippen molar-refractivity contribution in [3.05, 3.63) is 66.1 Å². The van der Waals surface area contributed by atoms with E-state index in [0.29, 0.717) is 24.8 Å². The zero-order valence-electron chi connectivity index (χ0n) is 18.8. The van der Waals surface area contributed by atoms with Gasteiger partial charge in [0.15, 0.2) is 9.84 Å². The number of piperidine rings is 1. The molecule has 2 unspecified atom stereocenters. The number of nitrogens with zero attached hydrogens (tertiary/aromatic N) is 3. The summed E-state index contributed by atoms with van der Waals surface area (Å²) in [5.41, 5.74) is 1.77. The molecule has 0 radical (unpaired) electrons. The van der Waals surface area contributed by atoms with Crippen LogP contribution in [0.1, 0.15) is 37.3 Å². The van der Waals surface area contributed by atoms with Crippen molar-refractivity contribution in [2.75, 3.05) is 19.3 Å². The predicted molar refractivity (Wildman–Crippen MR) is 124 cm³/mol. The third-order valence-corrected chi connectivity index (χ3v) is 7.03. The summed E-state index contributed by atoms with van der Waals surface area (Å²) in [5.74, 6) is 0.963. The van der Waals surface area contributed by atoms with E-state index in [1.165, 1.54) is 6.26 Å². The van der Waals surface area contributed by atoms with Crippen molar-refractivity contribution < 1.29 is 17.7 Å². The third kappa shape index (κ3) is 5.85. The van der Waals surface area contributed by atoms with Crippen LogP contribution in [0, 0.1) is 5.92 Å². The second-order valence-electron chi connectivity index (χ2n) is 8.52. The summed E-state index contributed by atoms with van der Waals surface area (Å²) in [6.45, 7) is 3.90. The van der Waals surface area contributed by atoms with Gasteiger partial charge in [-0.3, -0.25) is 9.69 Å². The molecule has 1 N–H and O–H groups in total. The number of carbonyl (C=O) groups is 1. The lowest BCUT2D eigenvalue weighted by Crippen LogP contribution is -2.43. The molecule has 1 fully saturated rings. The van der Waals surface area contributed by atoms with Gasteiger partial charge >= 0.3 is 0 Å². The Labute approximate surface area is 193 Å². The van der Waals surface area contributed by atoms with E-state index in [2.05, 4.69) is 20.4 Å². The molecule has 1 aliphatic heterocycles. The molecule has 3 aromatic rings. The van der Waals surface area contributed by atoms with Crippen molar-refractivity contribution in [1.82, 2.24) is 20.4 Å². The van der Waals surface area contributed by atoms with Crippen molar-refractivity contribution in [2.45, 2.75) is 37.2 Å². The number of rotatable bonds is 7. The Kier molecular flexibility index (Phi) is 6.90. The van der Waals surface area contributed by atoms with Crippen LogP contribution in [-0.2, 0) is 21.2 Å². The number of hydrogen-bond donors (Lipinski definition) is 1. The van der Waals surface area contributed by atoms with E-state index in [9.17, 15) is 13.2 Å². The maximum Gasteiger partial charge on any atom is 0.241 e. The Morgan fingerprint density at radius 2 is 1.91 bits per heavy atom. The summed E-state index contributed by atoms with van der Waals surface area (Å²) >= 11 is 0. The molecule has 0 bridgehead atoms. The number of benzene rings is 2. The molecule has 1 aromatic heterocycles. The quantitative estimate of drug-likeness (QED) is 0.567. The minimum absolute atomic E-state index is 0.00473. The first kappa shape index (κ1) is 23.1. The first-order chi connectivity index (χ1) is 15.8. The van der Waals surface area contributed by atoms with Crippen LogP contribution >= 0.6 is 0 Å². The molecular weight excluding hydrogens is 440 g/mol. The molecule has 2 atom stereocenters. The van der Waals surface area contributed by atoms with Crippen LogP contribution in [0.2, 0.25) is 0 Å². The fourth-order valence-corrected chi connectivity index (χ4v) is 4.68. The van der Waals surface area contributed by atoms with Crippen molar-refractivity contribution in [2.24, 2.45) is 5.92 Å². The zero-order valence-corrected chi connectivity index (χ0v) is 19.6. The van der Waals surface area contributed by atoms with Crippen molar-refractivity contribution >= 4 is 15.7 Å². The number of likely N-dealkylation sites (tertiary alicyclic amines) is 1. The van der Waals surface area contributed by atoms with E-state index in [4.69, 9.17) is 4.52 Å². The lowest BCUT2D eigenvalue weighted by atomic mass is 9.96. The summed E-state index contributed by atoms with van der Waals surface area (Å²) in [4.78, 5) is 19.8. The molecule has 1 aliphatic rings. The van der Waals surface area contributed by atoms with Crippen LogP contribution in [0.4, 0.5) is 0 Å². The fourth-order valence-electron chi connectivity index (χ4n) is 4.05. The van der Waals surface area contributed by atoms with Crippen LogP contribution in [0.3, 0.4) is 0 Å². The molecule has 9 heteroatoms. The van der Waals surface area contributed by atoms with Gasteiger partial charge < -0.3 is 9.84 Å². The van der Waals surface area contributed by atoms with E-state index in [0.717, 1.165) is 30.5 Å². The first-order valence-electron chi connectivity index (χ1n) is 11.0. The van der Waals surface area contributed by atoms with Crippen molar-refractivity contribution in [3.8, 4) is 11.4 Å². The predicted octanol–water partition coefficient (Wildman–Crippen LogP) is 3.23. The number of nitrogens with one attached hydrogen (secondary N) is 1. The summed E-state index contributed by atoms with van der Waals surface area (Å²) in [6, 6.07) is 16.1. The highest BCUT2D eigenvalue weighted by molar-refractivity contribution is 7.90. The number of sulfone groups is 1. The van der Waals surface area contributed by atoms with Gasteiger partial charge in [0, 0.05) is 18.4 Å². The summed E-state index contributed by atoms with van der Waals surface area (Å²) in [6.07, 6.45) is 2.91. The van der Waals surface area contributed by atoms with Gasteiger partial charge in [0.25, 0.3) is 0 Å². The topological polar surface area (TPSA) is 105 Å². The van der Waals surface area contributed by atoms with E-state index < -0.39 is 9.84 Å². The normalized spacial score (nSPS) is 18.1. The average molecular weight is 469 g/mol. The molecule has 0 saturated carbocycles. The lowest BCUT2D eigenvalue weighted by molar-refractivity contribution is -0.127. The monoisotopic (exact) mass is 468 g/mol. The molecule has 1 amide bonds. The second kappa shape index (κ2) is 9.84. The lowest BCUT2D eigenvalue weighted by Gasteiger charge is -2.31. The third-order valence-electron chi connectivity index (χ3n) is 5.90. The SMILES string of the molecule is CC(NC(=O)C1CCCN(Cc2nc(-c3ccccc3)no2)C1)c1ccc(S(C)(=O)=O)cc1. The zero-order chi connectivity index (χ0) is 23.4. The average Bonchev–Trinajstić information content (AvgIpc) is 3.28. The molecule has 33 heavy (non-hydrogen) atoms. The van der Waals surface area contributed by atoms with Gasteiger partial charge in [-0.15, -0.1) is 0 Å². The molecule has 174 valence electrons. The molecular formula is C24H28N4O4S. The van der Waals surface area contributed by atoms with Gasteiger partial charge in [0.2, 0.25) is 17.6 Å². The van der Waals surface area contributed by atoms with Crippen molar-refractivity contribution in [3.63, 3.8) is 0 Å². The Morgan fingerprint density at radius 1 is 1.18 bits per heavy atom. The molecule has 8 nitrogen and oxygen atoms in total. The van der Waals surface area contributed by atoms with Gasteiger partial charge in [-0.25, -0.2) is 8.42 Å². The summed E-state index contributed by atoms with van der Waals surface area (Å²) in [5, 5.41) is 7.14. The van der Waals surface area contributed by atoms with Crippen LogP contribution in [0.25, 0.3) is 11.4 Å². The minimum Gasteiger partial charge on any atom is -0.349 e. The standard InChI is InChI=1S/C24H28N4O4S/c1-17(18-10-12-21(13-11-18)33(2,30)31)25-24(29)20-9-6-14-28(15-20)16-22-26-23(27-32-22)19-7-4-3-5-8-19/h3-5,7-8,10-13,17,20H,6,9,14-16H2,1-2H3,(H,25,29). The van der Waals surface area contributed by atoms with E-state index in [1.807, 2.05) is 37.3 Å². The van der Waals surface area contributed by atoms with Crippen LogP contribution in [-0.4, -0.2) is 48.7 Å². The number of aromatic nitrogens is 2. The van der Waals surface area contributed by atoms with Crippen LogP contribution in [0.15, 0.2) is 64.0 Å². The van der Waals surface area contributed by atoms with Gasteiger partial charge in [-0.2, -0.15) is 4.98 Å². The molecule has 1 saturated heterocycles. The Hall–Kier alpha value is -3.04. The summed E-state index contributed by atoms with van der Waals surface area (Å²) < 4.78 is 28.7. The first-order valence-corrected chi connectivity index (χ1v) is 12.9. The van der Waals surface area contributed by atoms with Gasteiger partial charge in [0.1, 0.15) is 0 Å². The fraction of sp³-hybridized carbons (Fsp3) is 0.375. The maximum absolute atomic E-state index is 12.9. The van der Waals surface area contributed by atoms with Gasteiger partial charge in [0.05, 0.1) is 23.4 Å². The molecule has 4 rings (SSSR count). The van der Waals surface area contributed by atoms with Gasteiger partial charge in [-0.05, 0) is 44.0 Å². The van der Waals surface area contributed by atoms with E-state index >= 15 is 0 Å². The van der Waals surface area contributed by atoms with Crippen LogP contribution in [0.5, 0.6) is 0 Å². The highest BCUT2D eigenvalue weighted by atomic mass is 32.2.